The molecule has 0 atom stereocenters. The zero-order valence-electron chi connectivity index (χ0n) is 13.8. The fraction of sp³-hybridized carbons (Fsp3) is 0.316. The maximum absolute atomic E-state index is 11.9. The molecule has 1 aliphatic heterocycles. The van der Waals surface area contributed by atoms with Gasteiger partial charge in [0.2, 0.25) is 5.91 Å². The summed E-state index contributed by atoms with van der Waals surface area (Å²) < 4.78 is 5.70. The van der Waals surface area contributed by atoms with Crippen LogP contribution in [-0.4, -0.2) is 12.5 Å². The monoisotopic (exact) mass is 310 g/mol. The van der Waals surface area contributed by atoms with Crippen LogP contribution in [0.3, 0.4) is 0 Å². The molecule has 120 valence electrons. The molecule has 4 heteroatoms. The minimum absolute atomic E-state index is 0.0146. The van der Waals surface area contributed by atoms with Crippen LogP contribution in [0.5, 0.6) is 5.75 Å². The third-order valence-electron chi connectivity index (χ3n) is 4.21. The van der Waals surface area contributed by atoms with E-state index < -0.39 is 5.41 Å². The summed E-state index contributed by atoms with van der Waals surface area (Å²) in [6.45, 7) is 6.64. The number of benzene rings is 2. The zero-order chi connectivity index (χ0) is 16.4. The molecule has 23 heavy (non-hydrogen) atoms. The summed E-state index contributed by atoms with van der Waals surface area (Å²) in [4.78, 5) is 11.9. The third kappa shape index (κ3) is 2.89. The summed E-state index contributed by atoms with van der Waals surface area (Å²) in [5.41, 5.74) is 7.08. The number of carbonyl (C=O) groups excluding carboxylic acids is 1. The molecule has 2 N–H and O–H groups in total. The van der Waals surface area contributed by atoms with Gasteiger partial charge in [-0.25, -0.2) is 0 Å². The third-order valence-corrected chi connectivity index (χ3v) is 4.21. The van der Waals surface area contributed by atoms with E-state index in [9.17, 15) is 4.79 Å². The second-order valence-electron chi connectivity index (χ2n) is 6.34. The number of ether oxygens (including phenoxy) is 1. The molecular formula is C19H22N2O2. The van der Waals surface area contributed by atoms with Crippen molar-refractivity contribution in [1.29, 1.82) is 0 Å². The topological polar surface area (TPSA) is 50.4 Å². The van der Waals surface area contributed by atoms with Gasteiger partial charge in [0.15, 0.2) is 0 Å². The van der Waals surface area contributed by atoms with Gasteiger partial charge >= 0.3 is 0 Å². The summed E-state index contributed by atoms with van der Waals surface area (Å²) in [5, 5.41) is 2.27. The Labute approximate surface area is 136 Å². The molecular weight excluding hydrogens is 288 g/mol. The average Bonchev–Trinajstić information content (AvgIpc) is 2.79. The summed E-state index contributed by atoms with van der Waals surface area (Å²) in [6.07, 6.45) is 3.03. The van der Waals surface area contributed by atoms with Gasteiger partial charge in [0.05, 0.1) is 12.0 Å². The van der Waals surface area contributed by atoms with Gasteiger partial charge in [-0.15, -0.1) is 0 Å². The quantitative estimate of drug-likeness (QED) is 0.906. The van der Waals surface area contributed by atoms with Gasteiger partial charge in [-0.1, -0.05) is 31.2 Å². The van der Waals surface area contributed by atoms with Crippen LogP contribution in [0.2, 0.25) is 0 Å². The maximum atomic E-state index is 11.9. The minimum atomic E-state index is -0.549. The number of nitrogens with one attached hydrogen (secondary N) is 2. The molecule has 4 nitrogen and oxygen atoms in total. The summed E-state index contributed by atoms with van der Waals surface area (Å²) >= 11 is 0. The molecule has 1 heterocycles. The lowest BCUT2D eigenvalue weighted by atomic mass is 9.88. The lowest BCUT2D eigenvalue weighted by molar-refractivity contribution is -0.125. The molecule has 0 aliphatic carbocycles. The number of hydrogen-bond donors (Lipinski definition) is 2. The molecule has 1 saturated heterocycles. The second kappa shape index (κ2) is 5.95. The van der Waals surface area contributed by atoms with Crippen molar-refractivity contribution in [2.75, 3.05) is 6.61 Å². The van der Waals surface area contributed by atoms with Gasteiger partial charge in [0, 0.05) is 5.70 Å². The highest BCUT2D eigenvalue weighted by molar-refractivity contribution is 5.94. The Balaban J connectivity index is 2.00. The van der Waals surface area contributed by atoms with Crippen molar-refractivity contribution in [1.82, 2.24) is 10.9 Å². The van der Waals surface area contributed by atoms with E-state index in [-0.39, 0.29) is 5.91 Å². The van der Waals surface area contributed by atoms with Gasteiger partial charge in [-0.2, -0.15) is 0 Å². The van der Waals surface area contributed by atoms with Gasteiger partial charge in [-0.3, -0.25) is 10.2 Å². The van der Waals surface area contributed by atoms with E-state index in [4.69, 9.17) is 4.74 Å². The van der Waals surface area contributed by atoms with Crippen LogP contribution in [-0.2, 0) is 4.79 Å². The first kappa shape index (κ1) is 15.4. The van der Waals surface area contributed by atoms with Crippen LogP contribution in [0.25, 0.3) is 16.8 Å². The predicted molar refractivity (Wildman–Crippen MR) is 92.8 cm³/mol. The molecule has 1 fully saturated rings. The number of fused-ring (bicyclic) bond motifs is 1. The minimum Gasteiger partial charge on any atom is -0.494 e. The van der Waals surface area contributed by atoms with Crippen LogP contribution < -0.4 is 15.6 Å². The van der Waals surface area contributed by atoms with Gasteiger partial charge in [0.1, 0.15) is 5.75 Å². The highest BCUT2D eigenvalue weighted by atomic mass is 16.5. The molecule has 1 aliphatic rings. The molecule has 2 aromatic rings. The Morgan fingerprint density at radius 3 is 2.70 bits per heavy atom. The maximum Gasteiger partial charge on any atom is 0.249 e. The van der Waals surface area contributed by atoms with Crippen LogP contribution in [0.15, 0.2) is 42.1 Å². The van der Waals surface area contributed by atoms with Crippen molar-refractivity contribution >= 4 is 22.8 Å². The lowest BCUT2D eigenvalue weighted by Crippen LogP contribution is -2.28. The van der Waals surface area contributed by atoms with E-state index in [0.29, 0.717) is 0 Å². The summed E-state index contributed by atoms with van der Waals surface area (Å²) in [5.74, 6) is 0.875. The van der Waals surface area contributed by atoms with Crippen LogP contribution in [0.4, 0.5) is 0 Å². The Bertz CT molecular complexity index is 778. The van der Waals surface area contributed by atoms with E-state index in [2.05, 4.69) is 42.0 Å². The smallest absolute Gasteiger partial charge is 0.249 e. The van der Waals surface area contributed by atoms with E-state index in [1.54, 1.807) is 0 Å². The van der Waals surface area contributed by atoms with E-state index in [1.165, 1.54) is 0 Å². The van der Waals surface area contributed by atoms with Crippen molar-refractivity contribution in [2.24, 2.45) is 5.41 Å². The molecule has 0 unspecified atom stereocenters. The molecule has 3 rings (SSSR count). The van der Waals surface area contributed by atoms with Gasteiger partial charge in [0.25, 0.3) is 0 Å². The molecule has 0 saturated carbocycles. The first-order chi connectivity index (χ1) is 11.0. The highest BCUT2D eigenvalue weighted by Gasteiger charge is 2.37. The number of rotatable bonds is 4. The Hall–Kier alpha value is -2.49. The number of carbonyl (C=O) groups is 1. The lowest BCUT2D eigenvalue weighted by Gasteiger charge is -2.15. The van der Waals surface area contributed by atoms with Gasteiger partial charge < -0.3 is 10.2 Å². The largest absolute Gasteiger partial charge is 0.494 e. The fourth-order valence-corrected chi connectivity index (χ4v) is 2.65. The van der Waals surface area contributed by atoms with Crippen molar-refractivity contribution in [3.8, 4) is 5.75 Å². The standard InChI is InChI=1S/C19H22N2O2/c1-4-10-23-15-8-9-16-13(11-15)6-5-7-14(16)12-17-19(2,3)18(22)21-20-17/h5-9,11-12,20H,4,10H2,1-3H3,(H,21,22)/b17-12-. The Morgan fingerprint density at radius 1 is 1.17 bits per heavy atom. The van der Waals surface area contributed by atoms with E-state index in [0.717, 1.165) is 40.8 Å². The Kier molecular flexibility index (Phi) is 3.99. The van der Waals surface area contributed by atoms with Crippen LogP contribution in [0.1, 0.15) is 32.8 Å². The molecule has 1 amide bonds. The Morgan fingerprint density at radius 2 is 2.00 bits per heavy atom. The second-order valence-corrected chi connectivity index (χ2v) is 6.34. The van der Waals surface area contributed by atoms with Crippen LogP contribution in [0, 0.1) is 5.41 Å². The van der Waals surface area contributed by atoms with Crippen molar-refractivity contribution < 1.29 is 9.53 Å². The fourth-order valence-electron chi connectivity index (χ4n) is 2.65. The predicted octanol–water partition coefficient (Wildman–Crippen LogP) is 3.63. The van der Waals surface area contributed by atoms with Crippen molar-refractivity contribution in [3.05, 3.63) is 47.7 Å². The normalized spacial score (nSPS) is 18.0. The van der Waals surface area contributed by atoms with Crippen molar-refractivity contribution in [3.63, 3.8) is 0 Å². The van der Waals surface area contributed by atoms with E-state index in [1.807, 2.05) is 32.1 Å². The number of hydrogen-bond acceptors (Lipinski definition) is 3. The SMILES string of the molecule is CCCOc1ccc2c(/C=C3\NNC(=O)C3(C)C)cccc2c1. The first-order valence-corrected chi connectivity index (χ1v) is 7.96. The highest BCUT2D eigenvalue weighted by Crippen LogP contribution is 2.32. The number of hydrazine groups is 1. The molecule has 0 bridgehead atoms. The molecule has 0 radical (unpaired) electrons. The van der Waals surface area contributed by atoms with Crippen LogP contribution >= 0.6 is 0 Å². The zero-order valence-corrected chi connectivity index (χ0v) is 13.8. The van der Waals surface area contributed by atoms with E-state index >= 15 is 0 Å². The average molecular weight is 310 g/mol. The number of amides is 1. The van der Waals surface area contributed by atoms with Gasteiger partial charge in [-0.05, 0) is 54.8 Å². The molecule has 2 aromatic carbocycles. The first-order valence-electron chi connectivity index (χ1n) is 7.96. The molecule has 0 aromatic heterocycles. The summed E-state index contributed by atoms with van der Waals surface area (Å²) in [6, 6.07) is 12.3. The molecule has 0 spiro atoms. The summed E-state index contributed by atoms with van der Waals surface area (Å²) in [7, 11) is 0. The van der Waals surface area contributed by atoms with Crippen molar-refractivity contribution in [2.45, 2.75) is 27.2 Å².